The quantitative estimate of drug-likeness (QED) is 0.736. The number of nitrogens with one attached hydrogen (secondary N) is 1. The molecule has 0 unspecified atom stereocenters. The summed E-state index contributed by atoms with van der Waals surface area (Å²) in [4.78, 5) is 3.91. The molecule has 2 rings (SSSR count). The van der Waals surface area contributed by atoms with Gasteiger partial charge >= 0.3 is 0 Å². The lowest BCUT2D eigenvalue weighted by molar-refractivity contribution is 0.580. The zero-order chi connectivity index (χ0) is 15.5. The predicted octanol–water partition coefficient (Wildman–Crippen LogP) is -0.210. The van der Waals surface area contributed by atoms with E-state index in [0.717, 1.165) is 0 Å². The molecule has 9 heteroatoms. The molecule has 0 fully saturated rings. The van der Waals surface area contributed by atoms with Crippen LogP contribution in [0.3, 0.4) is 0 Å². The average Bonchev–Trinajstić information content (AvgIpc) is 2.83. The van der Waals surface area contributed by atoms with Gasteiger partial charge in [0, 0.05) is 25.7 Å². The van der Waals surface area contributed by atoms with Gasteiger partial charge in [-0.3, -0.25) is 4.68 Å². The van der Waals surface area contributed by atoms with Crippen LogP contribution >= 0.6 is 0 Å². The Hall–Kier alpha value is -2.44. The van der Waals surface area contributed by atoms with Crippen LogP contribution in [0.1, 0.15) is 11.4 Å². The summed E-state index contributed by atoms with van der Waals surface area (Å²) in [5.41, 5.74) is 5.89. The fraction of sp³-hybridized carbons (Fsp3) is 0.250. The minimum Gasteiger partial charge on any atom is -0.399 e. The molecule has 0 bridgehead atoms. The monoisotopic (exact) mass is 306 g/mol. The van der Waals surface area contributed by atoms with Crippen LogP contribution in [-0.2, 0) is 23.5 Å². The summed E-state index contributed by atoms with van der Waals surface area (Å²) in [6, 6.07) is 5.91. The standard InChI is InChI=1S/C12H14N6O2S/c1-18-8-15-12(17-18)4-5-16-21(19,20)11-3-2-10(14)6-9(11)7-13/h2-3,6,8,16H,4-5,14H2,1H3. The van der Waals surface area contributed by atoms with E-state index in [-0.39, 0.29) is 17.0 Å². The van der Waals surface area contributed by atoms with E-state index in [1.165, 1.54) is 29.2 Å². The Bertz CT molecular complexity index is 790. The van der Waals surface area contributed by atoms with Crippen LogP contribution in [0.4, 0.5) is 5.69 Å². The number of nitrogens with zero attached hydrogens (tertiary/aromatic N) is 4. The van der Waals surface area contributed by atoms with Crippen LogP contribution in [0.25, 0.3) is 0 Å². The van der Waals surface area contributed by atoms with E-state index in [1.807, 2.05) is 6.07 Å². The van der Waals surface area contributed by atoms with Crippen LogP contribution < -0.4 is 10.5 Å². The first-order valence-corrected chi connectivity index (χ1v) is 7.54. The summed E-state index contributed by atoms with van der Waals surface area (Å²) < 4.78 is 28.3. The summed E-state index contributed by atoms with van der Waals surface area (Å²) >= 11 is 0. The van der Waals surface area contributed by atoms with Crippen molar-refractivity contribution < 1.29 is 8.42 Å². The molecule has 110 valence electrons. The Morgan fingerprint density at radius 2 is 2.24 bits per heavy atom. The molecule has 0 radical (unpaired) electrons. The fourth-order valence-corrected chi connectivity index (χ4v) is 2.91. The Morgan fingerprint density at radius 3 is 2.86 bits per heavy atom. The molecule has 0 amide bonds. The first-order valence-electron chi connectivity index (χ1n) is 6.06. The minimum absolute atomic E-state index is 0.0125. The number of hydrogen-bond acceptors (Lipinski definition) is 6. The molecule has 0 aliphatic carbocycles. The molecule has 0 spiro atoms. The van der Waals surface area contributed by atoms with Crippen LogP contribution in [0.2, 0.25) is 0 Å². The topological polar surface area (TPSA) is 127 Å². The van der Waals surface area contributed by atoms with E-state index in [2.05, 4.69) is 14.8 Å². The van der Waals surface area contributed by atoms with E-state index in [0.29, 0.717) is 17.9 Å². The fourth-order valence-electron chi connectivity index (χ4n) is 1.74. The third kappa shape index (κ3) is 3.56. The number of nitrogen functional groups attached to an aromatic ring is 1. The van der Waals surface area contributed by atoms with E-state index in [1.54, 1.807) is 7.05 Å². The van der Waals surface area contributed by atoms with Crippen molar-refractivity contribution >= 4 is 15.7 Å². The molecule has 3 N–H and O–H groups in total. The van der Waals surface area contributed by atoms with Crippen molar-refractivity contribution in [2.45, 2.75) is 11.3 Å². The van der Waals surface area contributed by atoms with Gasteiger partial charge in [0.2, 0.25) is 10.0 Å². The lowest BCUT2D eigenvalue weighted by atomic mass is 10.2. The van der Waals surface area contributed by atoms with Gasteiger partial charge in [-0.1, -0.05) is 0 Å². The van der Waals surface area contributed by atoms with Crippen LogP contribution in [0.5, 0.6) is 0 Å². The molecule has 1 heterocycles. The van der Waals surface area contributed by atoms with Gasteiger partial charge in [-0.25, -0.2) is 18.1 Å². The van der Waals surface area contributed by atoms with Crippen LogP contribution in [-0.4, -0.2) is 29.7 Å². The molecule has 0 aliphatic heterocycles. The smallest absolute Gasteiger partial charge is 0.241 e. The zero-order valence-electron chi connectivity index (χ0n) is 11.3. The minimum atomic E-state index is -3.77. The van der Waals surface area contributed by atoms with Gasteiger partial charge in [-0.05, 0) is 18.2 Å². The SMILES string of the molecule is Cn1cnc(CCNS(=O)(=O)c2ccc(N)cc2C#N)n1. The summed E-state index contributed by atoms with van der Waals surface area (Å²) in [5.74, 6) is 0.540. The van der Waals surface area contributed by atoms with Crippen LogP contribution in [0, 0.1) is 11.3 Å². The Morgan fingerprint density at radius 1 is 1.48 bits per heavy atom. The predicted molar refractivity (Wildman–Crippen MR) is 75.5 cm³/mol. The second-order valence-corrected chi connectivity index (χ2v) is 6.09. The molecule has 0 saturated carbocycles. The van der Waals surface area contributed by atoms with E-state index >= 15 is 0 Å². The number of anilines is 1. The van der Waals surface area contributed by atoms with Crippen molar-refractivity contribution in [3.05, 3.63) is 35.9 Å². The van der Waals surface area contributed by atoms with Gasteiger partial charge in [-0.2, -0.15) is 10.4 Å². The van der Waals surface area contributed by atoms with Crippen molar-refractivity contribution in [3.8, 4) is 6.07 Å². The van der Waals surface area contributed by atoms with Gasteiger partial charge < -0.3 is 5.73 Å². The molecule has 21 heavy (non-hydrogen) atoms. The van der Waals surface area contributed by atoms with Crippen LogP contribution in [0.15, 0.2) is 29.4 Å². The molecular weight excluding hydrogens is 292 g/mol. The first-order chi connectivity index (χ1) is 9.92. The largest absolute Gasteiger partial charge is 0.399 e. The average molecular weight is 306 g/mol. The third-order valence-electron chi connectivity index (χ3n) is 2.70. The molecule has 1 aromatic heterocycles. The van der Waals surface area contributed by atoms with Gasteiger partial charge in [0.1, 0.15) is 12.4 Å². The number of nitriles is 1. The summed E-state index contributed by atoms with van der Waals surface area (Å²) in [7, 11) is -2.04. The number of nitrogens with two attached hydrogens (primary N) is 1. The zero-order valence-corrected chi connectivity index (χ0v) is 12.1. The molecule has 0 atom stereocenters. The number of benzene rings is 1. The van der Waals surface area contributed by atoms with Gasteiger partial charge in [0.15, 0.2) is 5.82 Å². The normalized spacial score (nSPS) is 11.2. The van der Waals surface area contributed by atoms with E-state index in [4.69, 9.17) is 11.0 Å². The molecule has 8 nitrogen and oxygen atoms in total. The highest BCUT2D eigenvalue weighted by Crippen LogP contribution is 2.17. The maximum absolute atomic E-state index is 12.2. The molecule has 0 saturated heterocycles. The lowest BCUT2D eigenvalue weighted by Crippen LogP contribution is -2.27. The summed E-state index contributed by atoms with van der Waals surface area (Å²) in [6.07, 6.45) is 1.90. The number of aromatic nitrogens is 3. The van der Waals surface area contributed by atoms with Gasteiger partial charge in [0.25, 0.3) is 0 Å². The Kier molecular flexibility index (Phi) is 4.21. The van der Waals surface area contributed by atoms with E-state index < -0.39 is 10.0 Å². The van der Waals surface area contributed by atoms with Crippen molar-refractivity contribution in [3.63, 3.8) is 0 Å². The Balaban J connectivity index is 2.10. The highest BCUT2D eigenvalue weighted by molar-refractivity contribution is 7.89. The maximum atomic E-state index is 12.2. The van der Waals surface area contributed by atoms with Crippen molar-refractivity contribution in [1.29, 1.82) is 5.26 Å². The number of rotatable bonds is 5. The number of sulfonamides is 1. The number of hydrogen-bond donors (Lipinski definition) is 2. The van der Waals surface area contributed by atoms with Crippen molar-refractivity contribution in [1.82, 2.24) is 19.5 Å². The first kappa shape index (κ1) is 15.0. The molecular formula is C12H14N6O2S. The molecule has 1 aromatic carbocycles. The van der Waals surface area contributed by atoms with Crippen molar-refractivity contribution in [2.75, 3.05) is 12.3 Å². The molecule has 0 aliphatic rings. The number of aryl methyl sites for hydroxylation is 1. The van der Waals surface area contributed by atoms with Gasteiger partial charge in [-0.15, -0.1) is 0 Å². The highest BCUT2D eigenvalue weighted by Gasteiger charge is 2.18. The maximum Gasteiger partial charge on any atom is 0.241 e. The Labute approximate surface area is 122 Å². The lowest BCUT2D eigenvalue weighted by Gasteiger charge is -2.07. The highest BCUT2D eigenvalue weighted by atomic mass is 32.2. The molecule has 2 aromatic rings. The second kappa shape index (κ2) is 5.90. The van der Waals surface area contributed by atoms with Crippen molar-refractivity contribution in [2.24, 2.45) is 7.05 Å². The van der Waals surface area contributed by atoms with E-state index in [9.17, 15) is 8.42 Å². The second-order valence-electron chi connectivity index (χ2n) is 4.35. The van der Waals surface area contributed by atoms with Gasteiger partial charge in [0.05, 0.1) is 10.5 Å². The third-order valence-corrected chi connectivity index (χ3v) is 4.22. The summed E-state index contributed by atoms with van der Waals surface area (Å²) in [5, 5.41) is 13.0. The summed E-state index contributed by atoms with van der Waals surface area (Å²) in [6.45, 7) is 0.140.